The molecule has 72 valence electrons. The third-order valence-electron chi connectivity index (χ3n) is 2.52. The fourth-order valence-corrected chi connectivity index (χ4v) is 2.39. The monoisotopic (exact) mass is 292 g/mol. The lowest BCUT2D eigenvalue weighted by Gasteiger charge is -2.21. The smallest absolute Gasteiger partial charge is 0.117 e. The van der Waals surface area contributed by atoms with Gasteiger partial charge in [0.05, 0.1) is 6.04 Å². The van der Waals surface area contributed by atoms with Crippen molar-refractivity contribution in [1.82, 2.24) is 10.2 Å². The molecule has 1 saturated heterocycles. The van der Waals surface area contributed by atoms with Crippen LogP contribution in [0.3, 0.4) is 0 Å². The maximum absolute atomic E-state index is 9.85. The summed E-state index contributed by atoms with van der Waals surface area (Å²) in [4.78, 5) is 2.24. The summed E-state index contributed by atoms with van der Waals surface area (Å²) >= 11 is 2.27. The molecule has 0 aromatic carbocycles. The Morgan fingerprint density at radius 1 is 1.69 bits per heavy atom. The lowest BCUT2D eigenvalue weighted by atomic mass is 10.2. The van der Waals surface area contributed by atoms with Crippen molar-refractivity contribution in [3.8, 4) is 0 Å². The SMILES string of the molecule is OC1=C(CI)C=C[C@@H]1N1CCNC1. The van der Waals surface area contributed by atoms with E-state index in [1.54, 1.807) is 0 Å². The molecule has 1 heterocycles. The minimum absolute atomic E-state index is 0.125. The van der Waals surface area contributed by atoms with Crippen LogP contribution in [0.2, 0.25) is 0 Å². The Hall–Kier alpha value is -0.0700. The highest BCUT2D eigenvalue weighted by Crippen LogP contribution is 2.23. The topological polar surface area (TPSA) is 35.5 Å². The normalized spacial score (nSPS) is 29.2. The van der Waals surface area contributed by atoms with Gasteiger partial charge in [0.2, 0.25) is 0 Å². The molecule has 1 aliphatic carbocycles. The molecule has 0 unspecified atom stereocenters. The second kappa shape index (κ2) is 3.98. The van der Waals surface area contributed by atoms with Crippen LogP contribution < -0.4 is 5.32 Å². The van der Waals surface area contributed by atoms with E-state index in [1.165, 1.54) is 0 Å². The predicted octanol–water partition coefficient (Wildman–Crippen LogP) is 1.03. The summed E-state index contributed by atoms with van der Waals surface area (Å²) in [7, 11) is 0. The van der Waals surface area contributed by atoms with E-state index in [9.17, 15) is 5.11 Å². The highest BCUT2D eigenvalue weighted by molar-refractivity contribution is 14.1. The van der Waals surface area contributed by atoms with Gasteiger partial charge < -0.3 is 10.4 Å². The van der Waals surface area contributed by atoms with Gasteiger partial charge in [0, 0.05) is 29.8 Å². The van der Waals surface area contributed by atoms with Crippen molar-refractivity contribution in [1.29, 1.82) is 0 Å². The Labute approximate surface area is 91.6 Å². The number of hydrogen-bond donors (Lipinski definition) is 2. The van der Waals surface area contributed by atoms with E-state index >= 15 is 0 Å². The molecule has 0 aromatic heterocycles. The first-order valence-corrected chi connectivity index (χ1v) is 5.96. The largest absolute Gasteiger partial charge is 0.510 e. The van der Waals surface area contributed by atoms with Crippen LogP contribution in [-0.4, -0.2) is 40.2 Å². The zero-order valence-electron chi connectivity index (χ0n) is 7.33. The first kappa shape index (κ1) is 9.48. The molecule has 0 radical (unpaired) electrons. The quantitative estimate of drug-likeness (QED) is 0.589. The summed E-state index contributed by atoms with van der Waals surface area (Å²) in [6, 6.07) is 0.125. The van der Waals surface area contributed by atoms with Crippen LogP contribution in [0.5, 0.6) is 0 Å². The van der Waals surface area contributed by atoms with Crippen LogP contribution in [0.15, 0.2) is 23.5 Å². The molecule has 2 rings (SSSR count). The van der Waals surface area contributed by atoms with E-state index in [2.05, 4.69) is 38.9 Å². The van der Waals surface area contributed by atoms with E-state index in [-0.39, 0.29) is 6.04 Å². The Balaban J connectivity index is 2.10. The molecular formula is C9H13IN2O. The Bertz CT molecular complexity index is 256. The summed E-state index contributed by atoms with van der Waals surface area (Å²) < 4.78 is 0.887. The van der Waals surface area contributed by atoms with Crippen LogP contribution in [0.25, 0.3) is 0 Å². The molecule has 4 heteroatoms. The van der Waals surface area contributed by atoms with E-state index in [1.807, 2.05) is 6.08 Å². The zero-order valence-corrected chi connectivity index (χ0v) is 9.49. The number of hydrogen-bond acceptors (Lipinski definition) is 3. The van der Waals surface area contributed by atoms with Crippen molar-refractivity contribution in [2.75, 3.05) is 24.2 Å². The minimum atomic E-state index is 0.125. The van der Waals surface area contributed by atoms with E-state index in [0.717, 1.165) is 29.8 Å². The molecule has 1 atom stereocenters. The molecule has 0 bridgehead atoms. The fourth-order valence-electron chi connectivity index (χ4n) is 1.74. The van der Waals surface area contributed by atoms with Gasteiger partial charge in [-0.3, -0.25) is 4.90 Å². The zero-order chi connectivity index (χ0) is 9.26. The second-order valence-electron chi connectivity index (χ2n) is 3.32. The lowest BCUT2D eigenvalue weighted by molar-refractivity contribution is 0.242. The van der Waals surface area contributed by atoms with Crippen LogP contribution >= 0.6 is 22.6 Å². The Kier molecular flexibility index (Phi) is 2.90. The van der Waals surface area contributed by atoms with Gasteiger partial charge >= 0.3 is 0 Å². The number of allylic oxidation sites excluding steroid dienone is 2. The highest BCUT2D eigenvalue weighted by Gasteiger charge is 2.27. The summed E-state index contributed by atoms with van der Waals surface area (Å²) in [6.45, 7) is 2.93. The number of aliphatic hydroxyl groups is 1. The molecule has 2 aliphatic rings. The Morgan fingerprint density at radius 3 is 3.08 bits per heavy atom. The number of halogens is 1. The number of nitrogens with zero attached hydrogens (tertiary/aromatic N) is 1. The summed E-state index contributed by atoms with van der Waals surface area (Å²) in [5.41, 5.74) is 1.07. The molecule has 0 aromatic rings. The van der Waals surface area contributed by atoms with Crippen LogP contribution in [-0.2, 0) is 0 Å². The average Bonchev–Trinajstić information content (AvgIpc) is 2.72. The molecule has 0 spiro atoms. The van der Waals surface area contributed by atoms with Gasteiger partial charge in [0.15, 0.2) is 0 Å². The van der Waals surface area contributed by atoms with Crippen molar-refractivity contribution in [2.45, 2.75) is 6.04 Å². The van der Waals surface area contributed by atoms with Gasteiger partial charge in [-0.2, -0.15) is 0 Å². The van der Waals surface area contributed by atoms with Gasteiger partial charge in [0.1, 0.15) is 5.76 Å². The third-order valence-corrected chi connectivity index (χ3v) is 3.34. The van der Waals surface area contributed by atoms with Crippen molar-refractivity contribution in [3.63, 3.8) is 0 Å². The summed E-state index contributed by atoms with van der Waals surface area (Å²) in [5.74, 6) is 0.540. The first-order chi connectivity index (χ1) is 6.33. The van der Waals surface area contributed by atoms with E-state index in [4.69, 9.17) is 0 Å². The van der Waals surface area contributed by atoms with Crippen LogP contribution in [0.4, 0.5) is 0 Å². The fraction of sp³-hybridized carbons (Fsp3) is 0.556. The van der Waals surface area contributed by atoms with Crippen molar-refractivity contribution >= 4 is 22.6 Å². The average molecular weight is 292 g/mol. The summed E-state index contributed by atoms with van der Waals surface area (Å²) in [6.07, 6.45) is 4.11. The molecule has 1 fully saturated rings. The van der Waals surface area contributed by atoms with E-state index in [0.29, 0.717) is 5.76 Å². The molecule has 13 heavy (non-hydrogen) atoms. The second-order valence-corrected chi connectivity index (χ2v) is 4.08. The minimum Gasteiger partial charge on any atom is -0.510 e. The maximum atomic E-state index is 9.85. The summed E-state index contributed by atoms with van der Waals surface area (Å²) in [5, 5.41) is 13.1. The maximum Gasteiger partial charge on any atom is 0.117 e. The van der Waals surface area contributed by atoms with Crippen LogP contribution in [0.1, 0.15) is 0 Å². The molecule has 0 amide bonds. The number of nitrogens with one attached hydrogen (secondary N) is 1. The predicted molar refractivity (Wildman–Crippen MR) is 61.0 cm³/mol. The Morgan fingerprint density at radius 2 is 2.54 bits per heavy atom. The van der Waals surface area contributed by atoms with Gasteiger partial charge in [-0.25, -0.2) is 0 Å². The van der Waals surface area contributed by atoms with Gasteiger partial charge in [0.25, 0.3) is 0 Å². The first-order valence-electron chi connectivity index (χ1n) is 4.44. The molecule has 2 N–H and O–H groups in total. The van der Waals surface area contributed by atoms with Crippen molar-refractivity contribution in [3.05, 3.63) is 23.5 Å². The molecule has 1 aliphatic heterocycles. The molecular weight excluding hydrogens is 279 g/mol. The van der Waals surface area contributed by atoms with Gasteiger partial charge in [-0.05, 0) is 0 Å². The van der Waals surface area contributed by atoms with Crippen molar-refractivity contribution < 1.29 is 5.11 Å². The van der Waals surface area contributed by atoms with Crippen LogP contribution in [0, 0.1) is 0 Å². The third kappa shape index (κ3) is 1.75. The number of aliphatic hydroxyl groups excluding tert-OH is 1. The number of rotatable bonds is 2. The highest BCUT2D eigenvalue weighted by atomic mass is 127. The lowest BCUT2D eigenvalue weighted by Crippen LogP contribution is -2.33. The molecule has 0 saturated carbocycles. The standard InChI is InChI=1S/C9H13IN2O/c10-5-7-1-2-8(9(7)13)12-4-3-11-6-12/h1-2,8,11,13H,3-6H2/t8-/m0/s1. The van der Waals surface area contributed by atoms with Gasteiger partial charge in [-0.1, -0.05) is 34.7 Å². The molecule has 3 nitrogen and oxygen atoms in total. The van der Waals surface area contributed by atoms with Crippen molar-refractivity contribution in [2.24, 2.45) is 0 Å². The van der Waals surface area contributed by atoms with Gasteiger partial charge in [-0.15, -0.1) is 0 Å². The van der Waals surface area contributed by atoms with E-state index < -0.39 is 0 Å². The number of alkyl halides is 1.